The van der Waals surface area contributed by atoms with Crippen molar-refractivity contribution in [3.05, 3.63) is 59.2 Å². The van der Waals surface area contributed by atoms with E-state index >= 15 is 0 Å². The molecule has 0 bridgehead atoms. The standard InChI is InChI=1S/C22H20N4O4S/c1-28-15-7-4-13(5-8-15)10-16-20(23)26-22(24-21(16)27)31-19(25-26)12-14-6-9-17(29-2)18(11-14)30-3/h4-11,23H,12H2,1-3H3/b16-10-,23-20?. The van der Waals surface area contributed by atoms with E-state index in [4.69, 9.17) is 19.6 Å². The maximum Gasteiger partial charge on any atom is 0.283 e. The highest BCUT2D eigenvalue weighted by Crippen LogP contribution is 2.32. The molecular formula is C22H20N4O4S. The van der Waals surface area contributed by atoms with Gasteiger partial charge in [-0.1, -0.05) is 18.2 Å². The van der Waals surface area contributed by atoms with Crippen molar-refractivity contribution in [1.82, 2.24) is 5.01 Å². The van der Waals surface area contributed by atoms with Crippen LogP contribution in [-0.2, 0) is 11.2 Å². The number of ether oxygens (including phenoxy) is 3. The van der Waals surface area contributed by atoms with E-state index in [2.05, 4.69) is 10.1 Å². The van der Waals surface area contributed by atoms with Crippen LogP contribution >= 0.6 is 11.8 Å². The summed E-state index contributed by atoms with van der Waals surface area (Å²) in [5.74, 6) is 1.54. The highest BCUT2D eigenvalue weighted by Gasteiger charge is 2.35. The minimum absolute atomic E-state index is 0.000583. The Bertz CT molecular complexity index is 1140. The number of nitrogens with one attached hydrogen (secondary N) is 1. The average molecular weight is 436 g/mol. The second kappa shape index (κ2) is 8.65. The lowest BCUT2D eigenvalue weighted by Crippen LogP contribution is -2.35. The minimum Gasteiger partial charge on any atom is -0.497 e. The number of hydrazone groups is 1. The fourth-order valence-corrected chi connectivity index (χ4v) is 4.05. The Balaban J connectivity index is 1.56. The highest BCUT2D eigenvalue weighted by molar-refractivity contribution is 8.26. The van der Waals surface area contributed by atoms with Gasteiger partial charge in [0, 0.05) is 6.42 Å². The fourth-order valence-electron chi connectivity index (χ4n) is 3.14. The van der Waals surface area contributed by atoms with Crippen molar-refractivity contribution in [2.45, 2.75) is 6.42 Å². The van der Waals surface area contributed by atoms with Crippen molar-refractivity contribution in [3.8, 4) is 17.2 Å². The first-order valence-electron chi connectivity index (χ1n) is 9.36. The SMILES string of the molecule is COc1ccc(/C=C2/C(=N)N3N=C(Cc4ccc(OC)c(OC)c4)SC3=NC2=O)cc1. The summed E-state index contributed by atoms with van der Waals surface area (Å²) in [6.45, 7) is 0. The second-order valence-electron chi connectivity index (χ2n) is 6.65. The van der Waals surface area contributed by atoms with Crippen molar-refractivity contribution in [2.24, 2.45) is 10.1 Å². The van der Waals surface area contributed by atoms with Crippen LogP contribution < -0.4 is 14.2 Å². The van der Waals surface area contributed by atoms with Crippen molar-refractivity contribution in [3.63, 3.8) is 0 Å². The summed E-state index contributed by atoms with van der Waals surface area (Å²) in [4.78, 5) is 16.7. The van der Waals surface area contributed by atoms with Crippen LogP contribution in [0.4, 0.5) is 0 Å². The Labute approximate surface area is 183 Å². The van der Waals surface area contributed by atoms with Gasteiger partial charge in [-0.3, -0.25) is 10.2 Å². The number of rotatable bonds is 6. The van der Waals surface area contributed by atoms with Crippen molar-refractivity contribution < 1.29 is 19.0 Å². The number of nitrogens with zero attached hydrogens (tertiary/aromatic N) is 3. The Morgan fingerprint density at radius 2 is 1.77 bits per heavy atom. The summed E-state index contributed by atoms with van der Waals surface area (Å²) >= 11 is 1.28. The number of thioether (sulfide) groups is 1. The third kappa shape index (κ3) is 4.17. The van der Waals surface area contributed by atoms with Gasteiger partial charge in [0.15, 0.2) is 17.3 Å². The maximum atomic E-state index is 12.6. The van der Waals surface area contributed by atoms with Crippen LogP contribution in [0.2, 0.25) is 0 Å². The highest BCUT2D eigenvalue weighted by atomic mass is 32.2. The van der Waals surface area contributed by atoms with Crippen molar-refractivity contribution in [1.29, 1.82) is 5.41 Å². The molecule has 0 saturated heterocycles. The number of amides is 1. The number of carbonyl (C=O) groups excluding carboxylic acids is 1. The van der Waals surface area contributed by atoms with Gasteiger partial charge in [0.05, 0.1) is 26.9 Å². The van der Waals surface area contributed by atoms with Gasteiger partial charge in [-0.15, -0.1) is 0 Å². The van der Waals surface area contributed by atoms with E-state index in [9.17, 15) is 4.79 Å². The molecule has 9 heteroatoms. The molecule has 1 N–H and O–H groups in total. The third-order valence-electron chi connectivity index (χ3n) is 4.73. The summed E-state index contributed by atoms with van der Waals surface area (Å²) in [5.41, 5.74) is 1.93. The van der Waals surface area contributed by atoms with Crippen LogP contribution in [0.3, 0.4) is 0 Å². The van der Waals surface area contributed by atoms with Crippen LogP contribution in [0.15, 0.2) is 58.1 Å². The number of benzene rings is 2. The number of aliphatic imine (C=N–C) groups is 1. The first-order chi connectivity index (χ1) is 15.0. The summed E-state index contributed by atoms with van der Waals surface area (Å²) < 4.78 is 15.8. The van der Waals surface area contributed by atoms with E-state index in [1.165, 1.54) is 16.8 Å². The lowest BCUT2D eigenvalue weighted by atomic mass is 10.1. The third-order valence-corrected chi connectivity index (χ3v) is 5.63. The van der Waals surface area contributed by atoms with Gasteiger partial charge in [-0.25, -0.2) is 0 Å². The molecule has 0 atom stereocenters. The normalized spacial score (nSPS) is 16.7. The molecule has 31 heavy (non-hydrogen) atoms. The van der Waals surface area contributed by atoms with Crippen LogP contribution in [0.1, 0.15) is 11.1 Å². The van der Waals surface area contributed by atoms with E-state index in [1.54, 1.807) is 39.5 Å². The van der Waals surface area contributed by atoms with Crippen LogP contribution in [0.5, 0.6) is 17.2 Å². The van der Waals surface area contributed by atoms with Crippen LogP contribution in [0, 0.1) is 5.41 Å². The van der Waals surface area contributed by atoms with Crippen LogP contribution in [-0.4, -0.2) is 48.3 Å². The Hall–Kier alpha value is -3.59. The van der Waals surface area contributed by atoms with Gasteiger partial charge in [-0.05, 0) is 53.2 Å². The predicted octanol–water partition coefficient (Wildman–Crippen LogP) is 3.57. The Morgan fingerprint density at radius 3 is 2.45 bits per heavy atom. The minimum atomic E-state index is -0.456. The number of hydrogen-bond acceptors (Lipinski definition) is 7. The first-order valence-corrected chi connectivity index (χ1v) is 10.2. The number of carbonyl (C=O) groups is 1. The van der Waals surface area contributed by atoms with E-state index in [0.717, 1.165) is 16.2 Å². The molecule has 158 valence electrons. The molecule has 0 aliphatic carbocycles. The Morgan fingerprint density at radius 1 is 1.03 bits per heavy atom. The molecule has 2 aliphatic heterocycles. The van der Waals surface area contributed by atoms with Gasteiger partial charge in [-0.2, -0.15) is 15.1 Å². The molecule has 0 aromatic heterocycles. The number of amidine groups is 2. The number of methoxy groups -OCH3 is 3. The average Bonchev–Trinajstić information content (AvgIpc) is 3.19. The molecule has 8 nitrogen and oxygen atoms in total. The summed E-state index contributed by atoms with van der Waals surface area (Å²) in [6.07, 6.45) is 2.15. The monoisotopic (exact) mass is 436 g/mol. The summed E-state index contributed by atoms with van der Waals surface area (Å²) in [5, 5.41) is 15.5. The first kappa shape index (κ1) is 20.7. The van der Waals surface area contributed by atoms with E-state index in [0.29, 0.717) is 28.8 Å². The molecule has 2 aliphatic rings. The summed E-state index contributed by atoms with van der Waals surface area (Å²) in [7, 11) is 4.76. The lowest BCUT2D eigenvalue weighted by Gasteiger charge is -2.20. The molecule has 0 saturated carbocycles. The molecule has 0 spiro atoms. The zero-order valence-electron chi connectivity index (χ0n) is 17.2. The van der Waals surface area contributed by atoms with E-state index < -0.39 is 5.91 Å². The quantitative estimate of drug-likeness (QED) is 0.696. The van der Waals surface area contributed by atoms with Crippen LogP contribution in [0.25, 0.3) is 6.08 Å². The largest absolute Gasteiger partial charge is 0.497 e. The van der Waals surface area contributed by atoms with Gasteiger partial charge in [0.25, 0.3) is 5.91 Å². The molecule has 2 aromatic carbocycles. The molecule has 2 aromatic rings. The zero-order valence-corrected chi connectivity index (χ0v) is 18.0. The zero-order chi connectivity index (χ0) is 22.0. The molecule has 0 radical (unpaired) electrons. The van der Waals surface area contributed by atoms with Crippen molar-refractivity contribution in [2.75, 3.05) is 21.3 Å². The van der Waals surface area contributed by atoms with E-state index in [1.807, 2.05) is 30.3 Å². The maximum absolute atomic E-state index is 12.6. The molecular weight excluding hydrogens is 416 g/mol. The fraction of sp³-hybridized carbons (Fsp3) is 0.182. The molecule has 1 amide bonds. The topological polar surface area (TPSA) is 96.6 Å². The van der Waals surface area contributed by atoms with Gasteiger partial charge in [0.2, 0.25) is 5.17 Å². The smallest absolute Gasteiger partial charge is 0.283 e. The number of hydrogen-bond donors (Lipinski definition) is 1. The number of fused-ring (bicyclic) bond motifs is 1. The molecule has 2 heterocycles. The van der Waals surface area contributed by atoms with Crippen molar-refractivity contribution >= 4 is 39.8 Å². The van der Waals surface area contributed by atoms with Gasteiger partial charge in [0.1, 0.15) is 10.8 Å². The van der Waals surface area contributed by atoms with Gasteiger partial charge < -0.3 is 14.2 Å². The summed E-state index contributed by atoms with van der Waals surface area (Å²) in [6, 6.07) is 12.9. The predicted molar refractivity (Wildman–Crippen MR) is 121 cm³/mol. The molecule has 0 fully saturated rings. The van der Waals surface area contributed by atoms with Gasteiger partial charge >= 0.3 is 0 Å². The Kier molecular flexibility index (Phi) is 5.77. The molecule has 0 unspecified atom stereocenters. The molecule has 4 rings (SSSR count). The second-order valence-corrected chi connectivity index (χ2v) is 7.69. The lowest BCUT2D eigenvalue weighted by molar-refractivity contribution is -0.114. The van der Waals surface area contributed by atoms with E-state index in [-0.39, 0.29) is 11.4 Å².